The maximum Gasteiger partial charge on any atom is 0.232 e. The van der Waals surface area contributed by atoms with Crippen molar-refractivity contribution in [2.45, 2.75) is 26.7 Å². The van der Waals surface area contributed by atoms with Crippen LogP contribution in [0.2, 0.25) is 0 Å². The zero-order valence-corrected chi connectivity index (χ0v) is 11.4. The second-order valence-corrected chi connectivity index (χ2v) is 4.86. The van der Waals surface area contributed by atoms with Crippen molar-refractivity contribution in [3.05, 3.63) is 23.8 Å². The molecule has 0 aromatic heterocycles. The van der Waals surface area contributed by atoms with E-state index in [0.29, 0.717) is 5.92 Å². The van der Waals surface area contributed by atoms with E-state index in [1.54, 1.807) is 0 Å². The van der Waals surface area contributed by atoms with E-state index >= 15 is 0 Å². The topological polar surface area (TPSA) is 17.1 Å². The highest BCUT2D eigenvalue weighted by Crippen LogP contribution is 2.60. The van der Waals surface area contributed by atoms with Crippen LogP contribution >= 0.6 is 27.5 Å². The number of alkyl halides is 1. The molecular formula is C12H16BrClO. The molecule has 0 bridgehead atoms. The van der Waals surface area contributed by atoms with E-state index in [9.17, 15) is 4.79 Å². The Morgan fingerprint density at radius 3 is 2.67 bits per heavy atom. The summed E-state index contributed by atoms with van der Waals surface area (Å²) in [6.45, 7) is 4.03. The van der Waals surface area contributed by atoms with Gasteiger partial charge in [0, 0.05) is 5.33 Å². The van der Waals surface area contributed by atoms with Crippen LogP contribution in [0, 0.1) is 11.3 Å². The molecule has 0 N–H and O–H groups in total. The van der Waals surface area contributed by atoms with E-state index in [2.05, 4.69) is 28.9 Å². The molecule has 2 unspecified atom stereocenters. The van der Waals surface area contributed by atoms with Crippen LogP contribution < -0.4 is 0 Å². The van der Waals surface area contributed by atoms with Crippen LogP contribution in [0.4, 0.5) is 0 Å². The lowest BCUT2D eigenvalue weighted by atomic mass is 9.93. The quantitative estimate of drug-likeness (QED) is 0.424. The second-order valence-electron chi connectivity index (χ2n) is 3.87. The molecule has 1 rings (SSSR count). The Morgan fingerprint density at radius 1 is 1.67 bits per heavy atom. The van der Waals surface area contributed by atoms with E-state index in [0.717, 1.165) is 23.7 Å². The molecule has 1 aliphatic carbocycles. The van der Waals surface area contributed by atoms with Crippen molar-refractivity contribution in [2.24, 2.45) is 11.3 Å². The Labute approximate surface area is 105 Å². The minimum atomic E-state index is -0.409. The number of hydrogen-bond donors (Lipinski definition) is 0. The highest BCUT2D eigenvalue weighted by atomic mass is 79.9. The fraction of sp³-hybridized carbons (Fsp3) is 0.583. The molecule has 2 atom stereocenters. The largest absolute Gasteiger partial charge is 0.280 e. The Morgan fingerprint density at radius 2 is 2.33 bits per heavy atom. The van der Waals surface area contributed by atoms with Crippen molar-refractivity contribution in [3.63, 3.8) is 0 Å². The van der Waals surface area contributed by atoms with E-state index in [1.165, 1.54) is 0 Å². The minimum Gasteiger partial charge on any atom is -0.280 e. The Balaban J connectivity index is 2.99. The van der Waals surface area contributed by atoms with E-state index in [4.69, 9.17) is 11.6 Å². The number of halogens is 2. The normalized spacial score (nSPS) is 30.9. The van der Waals surface area contributed by atoms with Gasteiger partial charge >= 0.3 is 0 Å². The lowest BCUT2D eigenvalue weighted by Gasteiger charge is -2.13. The summed E-state index contributed by atoms with van der Waals surface area (Å²) in [5, 5.41) is 0.620. The van der Waals surface area contributed by atoms with E-state index in [-0.39, 0.29) is 5.24 Å². The lowest BCUT2D eigenvalue weighted by molar-refractivity contribution is -0.115. The molecule has 1 aliphatic rings. The van der Waals surface area contributed by atoms with Crippen LogP contribution in [0.15, 0.2) is 23.8 Å². The van der Waals surface area contributed by atoms with Crippen LogP contribution in [0.1, 0.15) is 26.7 Å². The molecule has 0 heterocycles. The SMILES string of the molecule is C/C=C\C(=C/CC)C1(C(=O)Cl)CC1CBr. The average Bonchev–Trinajstić information content (AvgIpc) is 2.93. The lowest BCUT2D eigenvalue weighted by Crippen LogP contribution is -2.16. The highest BCUT2D eigenvalue weighted by molar-refractivity contribution is 9.09. The van der Waals surface area contributed by atoms with Gasteiger partial charge in [-0.25, -0.2) is 0 Å². The molecule has 0 aromatic carbocycles. The van der Waals surface area contributed by atoms with Gasteiger partial charge in [0.15, 0.2) is 0 Å². The predicted molar refractivity (Wildman–Crippen MR) is 68.4 cm³/mol. The van der Waals surface area contributed by atoms with Crippen molar-refractivity contribution in [1.29, 1.82) is 0 Å². The minimum absolute atomic E-state index is 0.218. The van der Waals surface area contributed by atoms with Crippen molar-refractivity contribution >= 4 is 32.8 Å². The van der Waals surface area contributed by atoms with Crippen LogP contribution in [-0.2, 0) is 4.79 Å². The summed E-state index contributed by atoms with van der Waals surface area (Å²) in [7, 11) is 0. The standard InChI is InChI=1S/C12H16BrClO/c1-3-5-9(6-4-2)12(11(14)15)7-10(12)8-13/h3,5-6,10H,4,7-8H2,1-2H3/b5-3-,9-6+. The van der Waals surface area contributed by atoms with Gasteiger partial charge in [-0.15, -0.1) is 0 Å². The van der Waals surface area contributed by atoms with Crippen molar-refractivity contribution in [1.82, 2.24) is 0 Å². The van der Waals surface area contributed by atoms with Crippen LogP contribution in [-0.4, -0.2) is 10.6 Å². The first-order valence-corrected chi connectivity index (χ1v) is 6.72. The molecule has 0 radical (unpaired) electrons. The summed E-state index contributed by atoms with van der Waals surface area (Å²) >= 11 is 9.17. The van der Waals surface area contributed by atoms with Crippen molar-refractivity contribution in [3.8, 4) is 0 Å². The van der Waals surface area contributed by atoms with Gasteiger partial charge in [0.1, 0.15) is 0 Å². The molecule has 0 aromatic rings. The number of rotatable bonds is 5. The molecule has 1 saturated carbocycles. The molecule has 0 amide bonds. The fourth-order valence-corrected chi connectivity index (χ4v) is 3.14. The maximum absolute atomic E-state index is 11.6. The summed E-state index contributed by atoms with van der Waals surface area (Å²) in [5.74, 6) is 0.358. The van der Waals surface area contributed by atoms with Crippen LogP contribution in [0.3, 0.4) is 0 Å². The van der Waals surface area contributed by atoms with Crippen LogP contribution in [0.25, 0.3) is 0 Å². The third-order valence-electron chi connectivity index (χ3n) is 2.93. The Kier molecular flexibility index (Phi) is 4.60. The molecule has 1 nitrogen and oxygen atoms in total. The number of allylic oxidation sites excluding steroid dienone is 4. The van der Waals surface area contributed by atoms with Gasteiger partial charge in [-0.1, -0.05) is 41.1 Å². The molecule has 0 spiro atoms. The number of carbonyl (C=O) groups is 1. The maximum atomic E-state index is 11.6. The number of hydrogen-bond acceptors (Lipinski definition) is 1. The predicted octanol–water partition coefficient (Wildman–Crippen LogP) is 4.07. The third-order valence-corrected chi connectivity index (χ3v) is 4.05. The molecule has 84 valence electrons. The summed E-state index contributed by atoms with van der Waals surface area (Å²) in [4.78, 5) is 11.6. The molecule has 3 heteroatoms. The summed E-state index contributed by atoms with van der Waals surface area (Å²) in [6.07, 6.45) is 7.87. The van der Waals surface area contributed by atoms with E-state index in [1.807, 2.05) is 19.1 Å². The van der Waals surface area contributed by atoms with Gasteiger partial charge in [-0.3, -0.25) is 4.79 Å². The zero-order valence-electron chi connectivity index (χ0n) is 9.09. The Bertz CT molecular complexity index is 309. The van der Waals surface area contributed by atoms with Gasteiger partial charge in [-0.05, 0) is 42.9 Å². The van der Waals surface area contributed by atoms with Gasteiger partial charge in [0.05, 0.1) is 5.41 Å². The molecule has 15 heavy (non-hydrogen) atoms. The first-order chi connectivity index (χ1) is 7.13. The smallest absolute Gasteiger partial charge is 0.232 e. The van der Waals surface area contributed by atoms with Gasteiger partial charge in [0.2, 0.25) is 5.24 Å². The molecule has 0 aliphatic heterocycles. The Hall–Kier alpha value is -0.0800. The van der Waals surface area contributed by atoms with Crippen LogP contribution in [0.5, 0.6) is 0 Å². The first kappa shape index (κ1) is 13.0. The molecular weight excluding hydrogens is 275 g/mol. The monoisotopic (exact) mass is 290 g/mol. The fourth-order valence-electron chi connectivity index (χ4n) is 2.02. The summed E-state index contributed by atoms with van der Waals surface area (Å²) < 4.78 is 0. The second kappa shape index (κ2) is 5.31. The third kappa shape index (κ3) is 2.36. The van der Waals surface area contributed by atoms with E-state index < -0.39 is 5.41 Å². The molecule has 0 saturated heterocycles. The summed E-state index contributed by atoms with van der Waals surface area (Å²) in [5.41, 5.74) is 0.671. The average molecular weight is 292 g/mol. The summed E-state index contributed by atoms with van der Waals surface area (Å²) in [6, 6.07) is 0. The number of carbonyl (C=O) groups excluding carboxylic acids is 1. The van der Waals surface area contributed by atoms with Gasteiger partial charge in [0.25, 0.3) is 0 Å². The van der Waals surface area contributed by atoms with Gasteiger partial charge in [-0.2, -0.15) is 0 Å². The highest BCUT2D eigenvalue weighted by Gasteiger charge is 2.59. The van der Waals surface area contributed by atoms with Crippen molar-refractivity contribution in [2.75, 3.05) is 5.33 Å². The molecule has 1 fully saturated rings. The van der Waals surface area contributed by atoms with Crippen molar-refractivity contribution < 1.29 is 4.79 Å². The zero-order chi connectivity index (χ0) is 11.5. The van der Waals surface area contributed by atoms with Gasteiger partial charge < -0.3 is 0 Å². The first-order valence-electron chi connectivity index (χ1n) is 5.22.